The molecule has 7 nitrogen and oxygen atoms in total. The molecule has 1 saturated carbocycles. The van der Waals surface area contributed by atoms with E-state index in [0.717, 1.165) is 42.4 Å². The highest BCUT2D eigenvalue weighted by Crippen LogP contribution is 2.26. The molecule has 0 spiro atoms. The molecule has 32 heavy (non-hydrogen) atoms. The molecule has 1 aromatic carbocycles. The van der Waals surface area contributed by atoms with E-state index in [9.17, 15) is 9.18 Å². The summed E-state index contributed by atoms with van der Waals surface area (Å²) in [5.41, 5.74) is 1.11. The van der Waals surface area contributed by atoms with Crippen LogP contribution in [0.4, 0.5) is 9.18 Å². The van der Waals surface area contributed by atoms with Crippen molar-refractivity contribution in [2.45, 2.75) is 77.6 Å². The van der Waals surface area contributed by atoms with Crippen LogP contribution in [0.2, 0.25) is 0 Å². The van der Waals surface area contributed by atoms with E-state index in [1.54, 1.807) is 13.1 Å². The van der Waals surface area contributed by atoms with E-state index >= 15 is 0 Å². The van der Waals surface area contributed by atoms with Crippen molar-refractivity contribution < 1.29 is 18.3 Å². The van der Waals surface area contributed by atoms with E-state index in [0.29, 0.717) is 18.1 Å². The number of nitrogens with zero attached hydrogens (tertiary/aromatic N) is 1. The summed E-state index contributed by atoms with van der Waals surface area (Å²) in [4.78, 5) is 16.3. The summed E-state index contributed by atoms with van der Waals surface area (Å²) >= 11 is 0. The van der Waals surface area contributed by atoms with Crippen molar-refractivity contribution in [3.05, 3.63) is 35.3 Å². The van der Waals surface area contributed by atoms with Gasteiger partial charge in [-0.05, 0) is 71.6 Å². The predicted octanol–water partition coefficient (Wildman–Crippen LogP) is 5.00. The van der Waals surface area contributed by atoms with Crippen LogP contribution in [0.5, 0.6) is 0 Å². The Morgan fingerprint density at radius 1 is 1.19 bits per heavy atom. The van der Waals surface area contributed by atoms with Gasteiger partial charge in [0.05, 0.1) is 6.54 Å². The maximum atomic E-state index is 13.5. The fraction of sp³-hybridized carbons (Fsp3) is 0.565. The summed E-state index contributed by atoms with van der Waals surface area (Å²) in [6.07, 6.45) is 3.24. The van der Waals surface area contributed by atoms with Crippen molar-refractivity contribution in [1.29, 1.82) is 0 Å². The first-order valence-corrected chi connectivity index (χ1v) is 10.8. The number of aliphatic imine (C=N–C) groups is 1. The highest BCUT2D eigenvalue weighted by atomic mass is 127. The Morgan fingerprint density at radius 3 is 2.41 bits per heavy atom. The summed E-state index contributed by atoms with van der Waals surface area (Å²) in [5, 5.41) is 10.5. The van der Waals surface area contributed by atoms with Crippen molar-refractivity contribution in [1.82, 2.24) is 16.0 Å². The van der Waals surface area contributed by atoms with Crippen LogP contribution in [0.25, 0.3) is 11.0 Å². The molecular formula is C23H34FIN4O3. The largest absolute Gasteiger partial charge is 0.459 e. The molecule has 1 fully saturated rings. The van der Waals surface area contributed by atoms with Crippen LogP contribution < -0.4 is 16.0 Å². The van der Waals surface area contributed by atoms with Gasteiger partial charge in [0.1, 0.15) is 22.8 Å². The van der Waals surface area contributed by atoms with Crippen LogP contribution in [0.3, 0.4) is 0 Å². The molecule has 1 aliphatic rings. The Hall–Kier alpha value is -2.04. The fourth-order valence-corrected chi connectivity index (χ4v) is 3.82. The van der Waals surface area contributed by atoms with Crippen LogP contribution in [0.15, 0.2) is 27.6 Å². The number of halogens is 2. The first-order valence-electron chi connectivity index (χ1n) is 10.8. The van der Waals surface area contributed by atoms with Crippen LogP contribution in [-0.2, 0) is 11.3 Å². The molecule has 1 aliphatic carbocycles. The molecule has 0 aliphatic heterocycles. The van der Waals surface area contributed by atoms with E-state index in [1.807, 2.05) is 27.7 Å². The monoisotopic (exact) mass is 560 g/mol. The van der Waals surface area contributed by atoms with Crippen LogP contribution in [0, 0.1) is 12.7 Å². The molecule has 178 valence electrons. The van der Waals surface area contributed by atoms with Crippen LogP contribution >= 0.6 is 24.0 Å². The quantitative estimate of drug-likeness (QED) is 0.279. The minimum absolute atomic E-state index is 0. The van der Waals surface area contributed by atoms with Crippen molar-refractivity contribution in [3.63, 3.8) is 0 Å². The molecule has 3 N–H and O–H groups in total. The molecule has 0 bridgehead atoms. The lowest BCUT2D eigenvalue weighted by Crippen LogP contribution is -2.47. The van der Waals surface area contributed by atoms with E-state index in [-0.39, 0.29) is 48.0 Å². The molecule has 0 atom stereocenters. The smallest absolute Gasteiger partial charge is 0.407 e. The second-order valence-corrected chi connectivity index (χ2v) is 9.06. The highest BCUT2D eigenvalue weighted by Gasteiger charge is 2.25. The standard InChI is InChI=1S/C23H33FN4O3.HI/c1-14-18-12-15(24)6-11-19(18)30-20(14)13-26-21(25-5)27-16-7-9-17(10-8-16)28-22(29)31-23(2,3)4;/h6,11-12,16-17H,7-10,13H2,1-5H3,(H,28,29)(H2,25,26,27);1H. The summed E-state index contributed by atoms with van der Waals surface area (Å²) in [6.45, 7) is 7.96. The van der Waals surface area contributed by atoms with Crippen LogP contribution in [-0.4, -0.2) is 36.8 Å². The van der Waals surface area contributed by atoms with Gasteiger partial charge in [0, 0.05) is 30.1 Å². The first kappa shape index (κ1) is 26.2. The van der Waals surface area contributed by atoms with E-state index < -0.39 is 5.60 Å². The van der Waals surface area contributed by atoms with Crippen LogP contribution in [0.1, 0.15) is 57.8 Å². The van der Waals surface area contributed by atoms with Gasteiger partial charge in [-0.15, -0.1) is 24.0 Å². The maximum Gasteiger partial charge on any atom is 0.407 e. The lowest BCUT2D eigenvalue weighted by molar-refractivity contribution is 0.0490. The molecule has 9 heteroatoms. The zero-order chi connectivity index (χ0) is 22.6. The Bertz CT molecular complexity index is 947. The second-order valence-electron chi connectivity index (χ2n) is 9.06. The van der Waals surface area contributed by atoms with Gasteiger partial charge in [-0.3, -0.25) is 4.99 Å². The van der Waals surface area contributed by atoms with Gasteiger partial charge < -0.3 is 25.1 Å². The van der Waals surface area contributed by atoms with Gasteiger partial charge >= 0.3 is 6.09 Å². The molecule has 1 aromatic heterocycles. The number of hydrogen-bond acceptors (Lipinski definition) is 4. The summed E-state index contributed by atoms with van der Waals surface area (Å²) < 4.78 is 24.7. The van der Waals surface area contributed by atoms with Gasteiger partial charge in [0.2, 0.25) is 0 Å². The Morgan fingerprint density at radius 2 is 1.81 bits per heavy atom. The number of benzene rings is 1. The number of furan rings is 1. The minimum atomic E-state index is -0.493. The van der Waals surface area contributed by atoms with Gasteiger partial charge in [0.25, 0.3) is 0 Å². The molecule has 0 radical (unpaired) electrons. The molecule has 2 aromatic rings. The highest BCUT2D eigenvalue weighted by molar-refractivity contribution is 14.0. The first-order chi connectivity index (χ1) is 14.6. The molecular weight excluding hydrogens is 526 g/mol. The molecule has 0 unspecified atom stereocenters. The van der Waals surface area contributed by atoms with Crippen molar-refractivity contribution in [2.75, 3.05) is 7.05 Å². The second kappa shape index (κ2) is 11.2. The third-order valence-corrected chi connectivity index (χ3v) is 5.43. The molecule has 3 rings (SSSR count). The predicted molar refractivity (Wildman–Crippen MR) is 135 cm³/mol. The normalized spacial score (nSPS) is 19.2. The number of hydrogen-bond donors (Lipinski definition) is 3. The minimum Gasteiger partial charge on any atom is -0.459 e. The average Bonchev–Trinajstić information content (AvgIpc) is 3.00. The topological polar surface area (TPSA) is 87.9 Å². The van der Waals surface area contributed by atoms with Crippen molar-refractivity contribution in [3.8, 4) is 0 Å². The number of guanidine groups is 1. The molecule has 0 saturated heterocycles. The number of alkyl carbamates (subject to hydrolysis) is 1. The van der Waals surface area contributed by atoms with Gasteiger partial charge in [-0.2, -0.15) is 0 Å². The lowest BCUT2D eigenvalue weighted by Gasteiger charge is -2.31. The third-order valence-electron chi connectivity index (χ3n) is 5.43. The van der Waals surface area contributed by atoms with Gasteiger partial charge in [0.15, 0.2) is 5.96 Å². The molecule has 1 heterocycles. The average molecular weight is 560 g/mol. The zero-order valence-corrected chi connectivity index (χ0v) is 21.7. The number of amides is 1. The number of carbonyl (C=O) groups excluding carboxylic acids is 1. The number of aryl methyl sites for hydroxylation is 1. The summed E-state index contributed by atoms with van der Waals surface area (Å²) in [6, 6.07) is 4.94. The number of carbonyl (C=O) groups is 1. The SMILES string of the molecule is CN=C(NCc1oc2ccc(F)cc2c1C)NC1CCC(NC(=O)OC(C)(C)C)CC1.I. The van der Waals surface area contributed by atoms with E-state index in [4.69, 9.17) is 9.15 Å². The Balaban J connectivity index is 0.00000363. The molecule has 1 amide bonds. The van der Waals surface area contributed by atoms with E-state index in [1.165, 1.54) is 12.1 Å². The third kappa shape index (κ3) is 7.25. The summed E-state index contributed by atoms with van der Waals surface area (Å²) in [7, 11) is 1.73. The van der Waals surface area contributed by atoms with Crippen molar-refractivity contribution >= 4 is 47.0 Å². The van der Waals surface area contributed by atoms with E-state index in [2.05, 4.69) is 20.9 Å². The fourth-order valence-electron chi connectivity index (χ4n) is 3.82. The lowest BCUT2D eigenvalue weighted by atomic mass is 9.91. The number of rotatable bonds is 4. The van der Waals surface area contributed by atoms with Crippen molar-refractivity contribution in [2.24, 2.45) is 4.99 Å². The zero-order valence-electron chi connectivity index (χ0n) is 19.4. The Labute approximate surface area is 206 Å². The number of nitrogens with one attached hydrogen (secondary N) is 3. The Kier molecular flexibility index (Phi) is 9.18. The van der Waals surface area contributed by atoms with Gasteiger partial charge in [-0.1, -0.05) is 0 Å². The van der Waals surface area contributed by atoms with Gasteiger partial charge in [-0.25, -0.2) is 9.18 Å². The summed E-state index contributed by atoms with van der Waals surface area (Å²) in [5.74, 6) is 1.17. The maximum absolute atomic E-state index is 13.5. The number of fused-ring (bicyclic) bond motifs is 1. The number of ether oxygens (including phenoxy) is 1.